The van der Waals surface area contributed by atoms with Crippen LogP contribution in [0.25, 0.3) is 0 Å². The van der Waals surface area contributed by atoms with Crippen molar-refractivity contribution in [3.05, 3.63) is 34.3 Å². The normalized spacial score (nSPS) is 22.3. The van der Waals surface area contributed by atoms with Crippen LogP contribution in [-0.2, 0) is 6.42 Å². The average Bonchev–Trinajstić information content (AvgIpc) is 2.70. The zero-order chi connectivity index (χ0) is 11.5. The molecule has 1 heterocycles. The molecular weight excluding hydrogens is 225 g/mol. The molecular formula is C13H17ClFN. The van der Waals surface area contributed by atoms with Crippen molar-refractivity contribution in [1.29, 1.82) is 0 Å². The van der Waals surface area contributed by atoms with Crippen LogP contribution in [0.15, 0.2) is 18.2 Å². The first-order valence-corrected chi connectivity index (χ1v) is 6.18. The third-order valence-corrected chi connectivity index (χ3v) is 3.54. The van der Waals surface area contributed by atoms with E-state index >= 15 is 0 Å². The van der Waals surface area contributed by atoms with Crippen LogP contribution in [0, 0.1) is 5.92 Å². The summed E-state index contributed by atoms with van der Waals surface area (Å²) in [5.41, 5.74) is 1.74. The van der Waals surface area contributed by atoms with Gasteiger partial charge in [-0.05, 0) is 50.4 Å². The van der Waals surface area contributed by atoms with Crippen LogP contribution in [0.1, 0.15) is 30.6 Å². The maximum atomic E-state index is 13.5. The Labute approximate surface area is 101 Å². The zero-order valence-electron chi connectivity index (χ0n) is 9.47. The number of hydrogen-bond donors (Lipinski definition) is 1. The van der Waals surface area contributed by atoms with E-state index in [1.54, 1.807) is 13.0 Å². The summed E-state index contributed by atoms with van der Waals surface area (Å²) in [7, 11) is 0. The summed E-state index contributed by atoms with van der Waals surface area (Å²) in [4.78, 5) is 0. The highest BCUT2D eigenvalue weighted by Gasteiger charge is 2.19. The van der Waals surface area contributed by atoms with Crippen molar-refractivity contribution in [3.63, 3.8) is 0 Å². The van der Waals surface area contributed by atoms with E-state index in [1.807, 2.05) is 12.1 Å². The standard InChI is InChI=1S/C13H17ClFN/c1-9(15)13-11(3-2-4-12(13)14)7-10-5-6-16-8-10/h2-4,9-10,16H,5-8H2,1H3. The molecule has 1 aromatic rings. The van der Waals surface area contributed by atoms with Crippen LogP contribution in [0.3, 0.4) is 0 Å². The Bertz CT molecular complexity index is 359. The fraction of sp³-hybridized carbons (Fsp3) is 0.538. The number of halogens is 2. The van der Waals surface area contributed by atoms with E-state index in [0.29, 0.717) is 16.5 Å². The lowest BCUT2D eigenvalue weighted by Crippen LogP contribution is -2.12. The molecule has 1 aliphatic rings. The van der Waals surface area contributed by atoms with Gasteiger partial charge < -0.3 is 5.32 Å². The Hall–Kier alpha value is -0.600. The van der Waals surface area contributed by atoms with E-state index in [2.05, 4.69) is 5.32 Å². The van der Waals surface area contributed by atoms with Gasteiger partial charge in [-0.2, -0.15) is 0 Å². The lowest BCUT2D eigenvalue weighted by molar-refractivity contribution is 0.370. The van der Waals surface area contributed by atoms with Gasteiger partial charge in [0.1, 0.15) is 6.17 Å². The quantitative estimate of drug-likeness (QED) is 0.854. The van der Waals surface area contributed by atoms with Crippen molar-refractivity contribution < 1.29 is 4.39 Å². The smallest absolute Gasteiger partial charge is 0.124 e. The van der Waals surface area contributed by atoms with Crippen LogP contribution in [0.4, 0.5) is 4.39 Å². The number of hydrogen-bond acceptors (Lipinski definition) is 1. The summed E-state index contributed by atoms with van der Waals surface area (Å²) in [6, 6.07) is 5.67. The van der Waals surface area contributed by atoms with Crippen LogP contribution in [0.2, 0.25) is 5.02 Å². The average molecular weight is 242 g/mol. The Kier molecular flexibility index (Phi) is 3.82. The third kappa shape index (κ3) is 2.55. The second-order valence-corrected chi connectivity index (χ2v) is 4.90. The monoisotopic (exact) mass is 241 g/mol. The summed E-state index contributed by atoms with van der Waals surface area (Å²) in [6.07, 6.45) is 1.11. The van der Waals surface area contributed by atoms with E-state index in [9.17, 15) is 4.39 Å². The maximum absolute atomic E-state index is 13.5. The molecule has 0 radical (unpaired) electrons. The van der Waals surface area contributed by atoms with Crippen LogP contribution in [-0.4, -0.2) is 13.1 Å². The van der Waals surface area contributed by atoms with Gasteiger partial charge in [-0.25, -0.2) is 4.39 Å². The molecule has 88 valence electrons. The molecule has 1 nitrogen and oxygen atoms in total. The first-order chi connectivity index (χ1) is 7.68. The van der Waals surface area contributed by atoms with Crippen LogP contribution >= 0.6 is 11.6 Å². The van der Waals surface area contributed by atoms with Gasteiger partial charge in [0.15, 0.2) is 0 Å². The van der Waals surface area contributed by atoms with Gasteiger partial charge in [-0.1, -0.05) is 23.7 Å². The number of nitrogens with one attached hydrogen (secondary N) is 1. The minimum Gasteiger partial charge on any atom is -0.316 e. The molecule has 0 amide bonds. The maximum Gasteiger partial charge on any atom is 0.124 e. The Balaban J connectivity index is 2.21. The summed E-state index contributed by atoms with van der Waals surface area (Å²) in [5.74, 6) is 0.621. The third-order valence-electron chi connectivity index (χ3n) is 3.21. The minimum atomic E-state index is -0.988. The fourth-order valence-electron chi connectivity index (χ4n) is 2.40. The first kappa shape index (κ1) is 11.9. The lowest BCUT2D eigenvalue weighted by atomic mass is 9.93. The number of benzene rings is 1. The highest BCUT2D eigenvalue weighted by Crippen LogP contribution is 2.31. The van der Waals surface area contributed by atoms with Gasteiger partial charge in [-0.15, -0.1) is 0 Å². The van der Waals surface area contributed by atoms with E-state index < -0.39 is 6.17 Å². The van der Waals surface area contributed by atoms with Crippen LogP contribution in [0.5, 0.6) is 0 Å². The largest absolute Gasteiger partial charge is 0.316 e. The molecule has 2 rings (SSSR count). The van der Waals surface area contributed by atoms with Crippen molar-refractivity contribution in [2.75, 3.05) is 13.1 Å². The fourth-order valence-corrected chi connectivity index (χ4v) is 2.75. The van der Waals surface area contributed by atoms with Crippen molar-refractivity contribution in [1.82, 2.24) is 5.32 Å². The Morgan fingerprint density at radius 3 is 3.00 bits per heavy atom. The van der Waals surface area contributed by atoms with Crippen molar-refractivity contribution >= 4 is 11.6 Å². The van der Waals surface area contributed by atoms with Gasteiger partial charge in [0.05, 0.1) is 0 Å². The molecule has 1 saturated heterocycles. The molecule has 2 atom stereocenters. The molecule has 0 bridgehead atoms. The molecule has 2 unspecified atom stereocenters. The Morgan fingerprint density at radius 1 is 1.56 bits per heavy atom. The van der Waals surface area contributed by atoms with Crippen molar-refractivity contribution in [2.24, 2.45) is 5.92 Å². The van der Waals surface area contributed by atoms with Gasteiger partial charge in [0.2, 0.25) is 0 Å². The molecule has 16 heavy (non-hydrogen) atoms. The van der Waals surface area contributed by atoms with E-state index in [-0.39, 0.29) is 0 Å². The Morgan fingerprint density at radius 2 is 2.38 bits per heavy atom. The van der Waals surface area contributed by atoms with Gasteiger partial charge in [0.25, 0.3) is 0 Å². The van der Waals surface area contributed by atoms with Gasteiger partial charge in [0, 0.05) is 10.6 Å². The van der Waals surface area contributed by atoms with E-state index in [4.69, 9.17) is 11.6 Å². The highest BCUT2D eigenvalue weighted by atomic mass is 35.5. The van der Waals surface area contributed by atoms with Gasteiger partial charge in [-0.3, -0.25) is 0 Å². The second kappa shape index (κ2) is 5.15. The minimum absolute atomic E-state index is 0.554. The topological polar surface area (TPSA) is 12.0 Å². The van der Waals surface area contributed by atoms with Crippen LogP contribution < -0.4 is 5.32 Å². The second-order valence-electron chi connectivity index (χ2n) is 4.49. The van der Waals surface area contributed by atoms with Gasteiger partial charge >= 0.3 is 0 Å². The SMILES string of the molecule is CC(F)c1c(Cl)cccc1CC1CCNC1. The molecule has 3 heteroatoms. The zero-order valence-corrected chi connectivity index (χ0v) is 10.2. The number of rotatable bonds is 3. The first-order valence-electron chi connectivity index (χ1n) is 5.80. The molecule has 0 aliphatic carbocycles. The molecule has 1 fully saturated rings. The summed E-state index contributed by atoms with van der Waals surface area (Å²) in [6.45, 7) is 3.66. The number of alkyl halides is 1. The van der Waals surface area contributed by atoms with Crippen molar-refractivity contribution in [2.45, 2.75) is 25.9 Å². The van der Waals surface area contributed by atoms with Crippen molar-refractivity contribution in [3.8, 4) is 0 Å². The predicted octanol–water partition coefficient (Wildman–Crippen LogP) is 3.52. The van der Waals surface area contributed by atoms with E-state index in [0.717, 1.165) is 25.1 Å². The summed E-state index contributed by atoms with van der Waals surface area (Å²) in [5, 5.41) is 3.88. The predicted molar refractivity (Wildman–Crippen MR) is 65.7 cm³/mol. The lowest BCUT2D eigenvalue weighted by Gasteiger charge is -2.15. The molecule has 0 aromatic heterocycles. The summed E-state index contributed by atoms with van der Waals surface area (Å²) >= 11 is 6.05. The molecule has 1 N–H and O–H groups in total. The summed E-state index contributed by atoms with van der Waals surface area (Å²) < 4.78 is 13.5. The molecule has 0 saturated carbocycles. The highest BCUT2D eigenvalue weighted by molar-refractivity contribution is 6.31. The van der Waals surface area contributed by atoms with E-state index in [1.165, 1.54) is 6.42 Å². The molecule has 0 spiro atoms. The molecule has 1 aliphatic heterocycles. The molecule has 1 aromatic carbocycles.